The molecule has 0 radical (unpaired) electrons. The minimum Gasteiger partial charge on any atom is -0.506 e. The zero-order valence-corrected chi connectivity index (χ0v) is 91.6. The van der Waals surface area contributed by atoms with Crippen LogP contribution in [-0.2, 0) is 71.8 Å². The number of pyridine rings is 2. The number of aromatic nitrogens is 22. The first kappa shape index (κ1) is 113. The second-order valence-corrected chi connectivity index (χ2v) is 48.9. The SMILES string of the molecule is CC(C)(C)c1ncc(-c2nc3n(c(=O)c2C#N)C[C@@H](CF)CS3)cn1.CC(C)(C)c1ncc(-c2nc3n(c(=O)c2C#N)C[C@@H](CO)CS3)cn1.CC(C)(C)c1ncc(-c2nc3n(c(=O)c2C#N)C[C@H](CF)CS3)cn1.CC(C)(C)c1ncc(-c2nc3n(c(=O)c2C#N)C[C@H](CO)CS3)cn1.C[C@@H]1CSc2nc(-c3cnc(C(C)(C)C)c(O)c3)c(C#N)c(=O)n2C1.C[C@H]1CSc2nc(-c3cnc(C(C)(C)C)c(O)c3)c(C#N)c(=O)n2C1. The molecule has 6 atom stereocenters. The molecule has 150 heavy (non-hydrogen) atoms. The first-order valence-electron chi connectivity index (χ1n) is 47.9. The highest BCUT2D eigenvalue weighted by Crippen LogP contribution is 2.41. The van der Waals surface area contributed by atoms with Crippen molar-refractivity contribution in [2.75, 3.05) is 61.1 Å². The minimum absolute atomic E-state index is 0.00459. The topological polar surface area (TPSA) is 562 Å². The molecular weight excluding hydrogens is 2030 g/mol. The number of fused-ring (bicyclic) bond motifs is 6. The van der Waals surface area contributed by atoms with Gasteiger partial charge in [0.15, 0.2) is 30.9 Å². The van der Waals surface area contributed by atoms with Crippen LogP contribution in [0.2, 0.25) is 0 Å². The second kappa shape index (κ2) is 46.8. The van der Waals surface area contributed by atoms with Crippen LogP contribution in [0.5, 0.6) is 11.5 Å². The van der Waals surface area contributed by atoms with Gasteiger partial charge in [-0.15, -0.1) is 0 Å². The van der Waals surface area contributed by atoms with Crippen LogP contribution in [-0.4, -0.2) is 189 Å². The van der Waals surface area contributed by atoms with E-state index in [9.17, 15) is 89.5 Å². The van der Waals surface area contributed by atoms with Crippen LogP contribution < -0.4 is 33.4 Å². The monoisotopic (exact) mass is 2140 g/mol. The van der Waals surface area contributed by atoms with E-state index in [-0.39, 0.29) is 172 Å². The summed E-state index contributed by atoms with van der Waals surface area (Å²) >= 11 is 8.51. The van der Waals surface area contributed by atoms with Crippen LogP contribution in [0.15, 0.2) is 134 Å². The maximum Gasteiger partial charge on any atom is 0.272 e. The Labute approximate surface area is 889 Å². The van der Waals surface area contributed by atoms with Gasteiger partial charge >= 0.3 is 0 Å². The van der Waals surface area contributed by atoms with Crippen LogP contribution in [0, 0.1) is 103 Å². The molecule has 780 valence electrons. The van der Waals surface area contributed by atoms with Crippen LogP contribution in [0.25, 0.3) is 67.5 Å². The van der Waals surface area contributed by atoms with Crippen molar-refractivity contribution in [2.45, 2.75) is 241 Å². The summed E-state index contributed by atoms with van der Waals surface area (Å²) in [7, 11) is 0. The first-order valence-corrected chi connectivity index (χ1v) is 53.9. The van der Waals surface area contributed by atoms with Crippen LogP contribution in [0.4, 0.5) is 8.78 Å². The standard InChI is InChI=1S/2C18H20N4O2S.2C17H18FN5OS.2C17H19N5O2S/c2*1-10-8-22-16(24)12(6-19)14(21-17(22)25-9-10)11-5-13(23)15(20-7-11)18(2,3)4;2*1-17(2,3)15-20-6-11(7-21-15)13-12(5-19)14(24)23-8-10(4-18)9-25-16(23)22-13;2*1-17(2,3)15-19-5-11(6-20-15)13-12(4-18)14(24)22-7-10(8-23)9-25-16(22)21-13/h2*5,7,10,23H,8-9H2,1-4H3;2*6-7,10H,4,8-9H2,1-3H3;2*5-6,10,23H,7-9H2,1-3H3/t6*10-/m101010/s1. The maximum absolute atomic E-state index is 12.9. The van der Waals surface area contributed by atoms with Crippen molar-refractivity contribution in [3.63, 3.8) is 0 Å². The van der Waals surface area contributed by atoms with Crippen molar-refractivity contribution in [2.24, 2.45) is 35.5 Å². The Hall–Kier alpha value is -13.7. The van der Waals surface area contributed by atoms with Gasteiger partial charge < -0.3 is 20.4 Å². The highest BCUT2D eigenvalue weighted by atomic mass is 32.2. The number of aliphatic hydroxyl groups excluding tert-OH is 2. The summed E-state index contributed by atoms with van der Waals surface area (Å²) in [5.74, 6) is 7.27. The number of thioether (sulfide) groups is 6. The van der Waals surface area contributed by atoms with Gasteiger partial charge in [0.05, 0.1) is 58.9 Å². The van der Waals surface area contributed by atoms with Crippen LogP contribution in [0.3, 0.4) is 0 Å². The van der Waals surface area contributed by atoms with Gasteiger partial charge in [-0.05, 0) is 24.0 Å². The van der Waals surface area contributed by atoms with Crippen LogP contribution >= 0.6 is 70.6 Å². The fourth-order valence-corrected chi connectivity index (χ4v) is 22.2. The third-order valence-electron chi connectivity index (χ3n) is 24.1. The smallest absolute Gasteiger partial charge is 0.272 e. The molecule has 0 amide bonds. The molecule has 0 aliphatic carbocycles. The number of nitrogens with zero attached hydrogens (tertiary/aromatic N) is 28. The summed E-state index contributed by atoms with van der Waals surface area (Å²) in [4.78, 5) is 147. The van der Waals surface area contributed by atoms with Gasteiger partial charge in [0, 0.05) is 239 Å². The summed E-state index contributed by atoms with van der Waals surface area (Å²) in [6, 6.07) is 14.8. The average Bonchev–Trinajstić information content (AvgIpc) is 0.412. The summed E-state index contributed by atoms with van der Waals surface area (Å²) in [5, 5.41) is 99.5. The predicted molar refractivity (Wildman–Crippen MR) is 568 cm³/mol. The first-order chi connectivity index (χ1) is 70.8. The molecule has 38 nitrogen and oxygen atoms in total. The molecular formula is C104H114F2N28O10S6. The van der Waals surface area contributed by atoms with E-state index in [1.807, 2.05) is 161 Å². The average molecular weight is 2150 g/mol. The Kier molecular flexibility index (Phi) is 35.4. The zero-order valence-electron chi connectivity index (χ0n) is 86.7. The number of aliphatic hydroxyl groups is 2. The Bertz CT molecular complexity index is 7060. The summed E-state index contributed by atoms with van der Waals surface area (Å²) in [6.45, 7) is 41.4. The number of aromatic hydroxyl groups is 2. The van der Waals surface area contributed by atoms with Gasteiger partial charge in [-0.1, -0.05) is 209 Å². The fraction of sp³-hybridized carbons (Fsp3) is 0.462. The molecule has 0 bridgehead atoms. The molecule has 6 aliphatic heterocycles. The normalized spacial score (nSPS) is 17.0. The molecule has 4 N–H and O–H groups in total. The highest BCUT2D eigenvalue weighted by molar-refractivity contribution is 8.00. The van der Waals surface area contributed by atoms with E-state index in [0.29, 0.717) is 171 Å². The molecule has 0 spiro atoms. The van der Waals surface area contributed by atoms with Crippen molar-refractivity contribution in [3.05, 3.63) is 204 Å². The van der Waals surface area contributed by atoms with Crippen molar-refractivity contribution in [1.29, 1.82) is 31.6 Å². The molecule has 0 aromatic carbocycles. The number of alkyl halides is 2. The van der Waals surface area contributed by atoms with E-state index in [2.05, 4.69) is 93.6 Å². The molecule has 0 saturated heterocycles. The highest BCUT2D eigenvalue weighted by Gasteiger charge is 2.36. The zero-order chi connectivity index (χ0) is 109. The lowest BCUT2D eigenvalue weighted by molar-refractivity contribution is 0.217. The molecule has 0 saturated carbocycles. The molecule has 46 heteroatoms. The summed E-state index contributed by atoms with van der Waals surface area (Å²) < 4.78 is 34.7. The Balaban J connectivity index is 0.000000150. The third-order valence-corrected chi connectivity index (χ3v) is 31.5. The lowest BCUT2D eigenvalue weighted by atomic mass is 9.90. The molecule has 18 rings (SSSR count). The van der Waals surface area contributed by atoms with Crippen molar-refractivity contribution >= 4 is 70.6 Å². The number of halogens is 2. The van der Waals surface area contributed by atoms with E-state index < -0.39 is 24.5 Å². The number of hydrogen-bond donors (Lipinski definition) is 4. The quantitative estimate of drug-likeness (QED) is 0.0924. The molecule has 0 unspecified atom stereocenters. The van der Waals surface area contributed by atoms with Crippen LogP contribution in [0.1, 0.15) is 207 Å². The van der Waals surface area contributed by atoms with Crippen molar-refractivity contribution < 1.29 is 29.2 Å². The molecule has 12 aromatic heterocycles. The Morgan fingerprint density at radius 3 is 0.667 bits per heavy atom. The Morgan fingerprint density at radius 2 is 0.480 bits per heavy atom. The summed E-state index contributed by atoms with van der Waals surface area (Å²) in [6.07, 6.45) is 15.9. The lowest BCUT2D eigenvalue weighted by Crippen LogP contribution is -2.34. The van der Waals surface area contributed by atoms with E-state index in [1.54, 1.807) is 71.1 Å². The number of nitriles is 6. The van der Waals surface area contributed by atoms with Gasteiger partial charge in [-0.3, -0.25) is 74.9 Å². The fourth-order valence-electron chi connectivity index (χ4n) is 15.9. The van der Waals surface area contributed by atoms with E-state index in [0.717, 1.165) is 11.5 Å². The van der Waals surface area contributed by atoms with E-state index >= 15 is 0 Å². The van der Waals surface area contributed by atoms with Gasteiger partial charge in [0.25, 0.3) is 33.4 Å². The van der Waals surface area contributed by atoms with Gasteiger partial charge in [-0.2, -0.15) is 31.6 Å². The third kappa shape index (κ3) is 25.4. The van der Waals surface area contributed by atoms with Crippen molar-refractivity contribution in [3.8, 4) is 115 Å². The lowest BCUT2D eigenvalue weighted by Gasteiger charge is -2.24. The molecule has 0 fully saturated rings. The summed E-state index contributed by atoms with van der Waals surface area (Å²) in [5.41, 5.74) is 2.12. The predicted octanol–water partition coefficient (Wildman–Crippen LogP) is 14.1. The second-order valence-electron chi connectivity index (χ2n) is 43.0. The van der Waals surface area contributed by atoms with E-state index in [1.165, 1.54) is 101 Å². The largest absolute Gasteiger partial charge is 0.506 e. The number of hydrogen-bond acceptors (Lipinski definition) is 38. The molecule has 12 aromatic rings. The van der Waals surface area contributed by atoms with E-state index in [4.69, 9.17) is 0 Å². The molecule has 6 aliphatic rings. The number of rotatable bonds is 10. The van der Waals surface area contributed by atoms with Gasteiger partial charge in [-0.25, -0.2) is 69.8 Å². The minimum atomic E-state index is -0.495. The maximum atomic E-state index is 12.9. The van der Waals surface area contributed by atoms with Gasteiger partial charge in [0.2, 0.25) is 0 Å². The molecule has 18 heterocycles. The van der Waals surface area contributed by atoms with Crippen molar-refractivity contribution in [1.82, 2.24) is 107 Å². The van der Waals surface area contributed by atoms with Gasteiger partial charge in [0.1, 0.15) is 105 Å². The Morgan fingerprint density at radius 1 is 0.293 bits per heavy atom.